The number of rotatable bonds is 3. The first-order valence-corrected chi connectivity index (χ1v) is 4.02. The molecule has 0 spiro atoms. The first-order chi connectivity index (χ1) is 6.69. The SMILES string of the molecule is Cc1ccc(C(N=O)C(=O)NO)cc1. The number of nitroso groups, excluding NO2 is 1. The zero-order valence-electron chi connectivity index (χ0n) is 7.60. The summed E-state index contributed by atoms with van der Waals surface area (Å²) in [5, 5.41) is 11.0. The van der Waals surface area contributed by atoms with Gasteiger partial charge in [-0.15, -0.1) is 4.91 Å². The van der Waals surface area contributed by atoms with Crippen LogP contribution in [0.4, 0.5) is 0 Å². The van der Waals surface area contributed by atoms with E-state index in [0.717, 1.165) is 5.56 Å². The van der Waals surface area contributed by atoms with Gasteiger partial charge in [0, 0.05) is 0 Å². The summed E-state index contributed by atoms with van der Waals surface area (Å²) >= 11 is 0. The summed E-state index contributed by atoms with van der Waals surface area (Å²) in [5.74, 6) is -0.830. The summed E-state index contributed by atoms with van der Waals surface area (Å²) in [5.41, 5.74) is 2.87. The normalized spacial score (nSPS) is 11.9. The Balaban J connectivity index is 2.95. The van der Waals surface area contributed by atoms with Gasteiger partial charge in [-0.3, -0.25) is 10.0 Å². The Morgan fingerprint density at radius 2 is 2.00 bits per heavy atom. The Kier molecular flexibility index (Phi) is 3.30. The maximum absolute atomic E-state index is 11.0. The number of aryl methyl sites for hydroxylation is 1. The molecule has 5 heteroatoms. The first-order valence-electron chi connectivity index (χ1n) is 4.02. The van der Waals surface area contributed by atoms with Gasteiger partial charge in [0.25, 0.3) is 5.91 Å². The number of amides is 1. The van der Waals surface area contributed by atoms with Crippen LogP contribution in [-0.4, -0.2) is 11.1 Å². The van der Waals surface area contributed by atoms with E-state index in [1.165, 1.54) is 5.48 Å². The van der Waals surface area contributed by atoms with Crippen molar-refractivity contribution >= 4 is 5.91 Å². The standard InChI is InChI=1S/C9H10N2O3/c1-6-2-4-7(5-3-6)8(10-13)9(12)11-14/h2-5,8,14H,1H3,(H,11,12). The van der Waals surface area contributed by atoms with Gasteiger partial charge in [0.1, 0.15) is 0 Å². The van der Waals surface area contributed by atoms with Crippen LogP contribution in [0.15, 0.2) is 29.4 Å². The van der Waals surface area contributed by atoms with Crippen LogP contribution in [0.25, 0.3) is 0 Å². The highest BCUT2D eigenvalue weighted by molar-refractivity contribution is 5.82. The van der Waals surface area contributed by atoms with Gasteiger partial charge in [0.05, 0.1) is 0 Å². The number of nitrogens with zero attached hydrogens (tertiary/aromatic N) is 1. The molecular formula is C9H10N2O3. The molecule has 0 fully saturated rings. The molecule has 2 N–H and O–H groups in total. The van der Waals surface area contributed by atoms with Crippen molar-refractivity contribution in [3.8, 4) is 0 Å². The maximum Gasteiger partial charge on any atom is 0.276 e. The number of hydrogen-bond donors (Lipinski definition) is 2. The molecule has 1 aromatic carbocycles. The van der Waals surface area contributed by atoms with E-state index < -0.39 is 11.9 Å². The molecule has 5 nitrogen and oxygen atoms in total. The van der Waals surface area contributed by atoms with Crippen molar-refractivity contribution in [1.82, 2.24) is 5.48 Å². The van der Waals surface area contributed by atoms with Gasteiger partial charge in [-0.25, -0.2) is 5.48 Å². The third kappa shape index (κ3) is 2.14. The van der Waals surface area contributed by atoms with E-state index in [1.54, 1.807) is 24.3 Å². The summed E-state index contributed by atoms with van der Waals surface area (Å²) in [6.07, 6.45) is 0. The van der Waals surface area contributed by atoms with Crippen molar-refractivity contribution in [2.45, 2.75) is 13.0 Å². The van der Waals surface area contributed by atoms with Crippen LogP contribution in [-0.2, 0) is 4.79 Å². The van der Waals surface area contributed by atoms with Crippen LogP contribution in [0.2, 0.25) is 0 Å². The van der Waals surface area contributed by atoms with Gasteiger partial charge in [0.15, 0.2) is 6.04 Å². The van der Waals surface area contributed by atoms with Gasteiger partial charge >= 0.3 is 0 Å². The molecule has 0 aromatic heterocycles. The van der Waals surface area contributed by atoms with Gasteiger partial charge in [0.2, 0.25) is 0 Å². The highest BCUT2D eigenvalue weighted by atomic mass is 16.5. The van der Waals surface area contributed by atoms with Crippen LogP contribution < -0.4 is 5.48 Å². The number of hydroxylamine groups is 1. The van der Waals surface area contributed by atoms with E-state index >= 15 is 0 Å². The van der Waals surface area contributed by atoms with Gasteiger partial charge in [-0.05, 0) is 12.5 Å². The summed E-state index contributed by atoms with van der Waals surface area (Å²) in [7, 11) is 0. The molecule has 1 atom stereocenters. The monoisotopic (exact) mass is 194 g/mol. The zero-order valence-corrected chi connectivity index (χ0v) is 7.60. The topological polar surface area (TPSA) is 78.8 Å². The fourth-order valence-corrected chi connectivity index (χ4v) is 1.07. The predicted molar refractivity (Wildman–Crippen MR) is 49.6 cm³/mol. The van der Waals surface area contributed by atoms with Gasteiger partial charge in [-0.2, -0.15) is 0 Å². The van der Waals surface area contributed by atoms with E-state index in [0.29, 0.717) is 5.56 Å². The lowest BCUT2D eigenvalue weighted by Gasteiger charge is -2.06. The summed E-state index contributed by atoms with van der Waals surface area (Å²) < 4.78 is 0. The lowest BCUT2D eigenvalue weighted by molar-refractivity contribution is -0.130. The largest absolute Gasteiger partial charge is 0.289 e. The summed E-state index contributed by atoms with van der Waals surface area (Å²) in [4.78, 5) is 21.3. The highest BCUT2D eigenvalue weighted by Crippen LogP contribution is 2.17. The van der Waals surface area contributed by atoms with Crippen molar-refractivity contribution in [1.29, 1.82) is 0 Å². The van der Waals surface area contributed by atoms with Crippen molar-refractivity contribution in [2.75, 3.05) is 0 Å². The van der Waals surface area contributed by atoms with Crippen LogP contribution in [0.1, 0.15) is 17.2 Å². The first kappa shape index (κ1) is 10.3. The van der Waals surface area contributed by atoms with E-state index in [2.05, 4.69) is 5.18 Å². The third-order valence-corrected chi connectivity index (χ3v) is 1.86. The highest BCUT2D eigenvalue weighted by Gasteiger charge is 2.20. The average molecular weight is 194 g/mol. The minimum Gasteiger partial charge on any atom is -0.289 e. The van der Waals surface area contributed by atoms with Crippen LogP contribution in [0.5, 0.6) is 0 Å². The number of hydrogen-bond acceptors (Lipinski definition) is 4. The van der Waals surface area contributed by atoms with Crippen molar-refractivity contribution < 1.29 is 10.0 Å². The zero-order chi connectivity index (χ0) is 10.6. The molecular weight excluding hydrogens is 184 g/mol. The Morgan fingerprint density at radius 3 is 2.43 bits per heavy atom. The van der Waals surface area contributed by atoms with Gasteiger partial charge in [-0.1, -0.05) is 35.0 Å². The van der Waals surface area contributed by atoms with E-state index in [-0.39, 0.29) is 0 Å². The minimum absolute atomic E-state index is 0.456. The number of carbonyl (C=O) groups excluding carboxylic acids is 1. The van der Waals surface area contributed by atoms with Crippen LogP contribution >= 0.6 is 0 Å². The van der Waals surface area contributed by atoms with Crippen molar-refractivity contribution in [2.24, 2.45) is 5.18 Å². The molecule has 1 aromatic rings. The Hall–Kier alpha value is -1.75. The molecule has 1 unspecified atom stereocenters. The molecule has 0 saturated carbocycles. The molecule has 0 bridgehead atoms. The van der Waals surface area contributed by atoms with Crippen molar-refractivity contribution in [3.05, 3.63) is 40.3 Å². The molecule has 1 rings (SSSR count). The second-order valence-corrected chi connectivity index (χ2v) is 2.89. The maximum atomic E-state index is 11.0. The lowest BCUT2D eigenvalue weighted by atomic mass is 10.1. The summed E-state index contributed by atoms with van der Waals surface area (Å²) in [6.45, 7) is 1.89. The Bertz CT molecular complexity index is 334. The van der Waals surface area contributed by atoms with E-state index in [1.807, 2.05) is 6.92 Å². The van der Waals surface area contributed by atoms with Crippen molar-refractivity contribution in [3.63, 3.8) is 0 Å². The smallest absolute Gasteiger partial charge is 0.276 e. The molecule has 14 heavy (non-hydrogen) atoms. The molecule has 0 heterocycles. The fourth-order valence-electron chi connectivity index (χ4n) is 1.07. The van der Waals surface area contributed by atoms with E-state index in [9.17, 15) is 9.70 Å². The second kappa shape index (κ2) is 4.48. The van der Waals surface area contributed by atoms with E-state index in [4.69, 9.17) is 5.21 Å². The number of nitrogens with one attached hydrogen (secondary N) is 1. The molecule has 0 aliphatic rings. The average Bonchev–Trinajstić information content (AvgIpc) is 2.21. The minimum atomic E-state index is -1.19. The number of benzene rings is 1. The lowest BCUT2D eigenvalue weighted by Crippen LogP contribution is -2.24. The molecule has 0 saturated heterocycles. The van der Waals surface area contributed by atoms with Gasteiger partial charge < -0.3 is 0 Å². The molecule has 0 radical (unpaired) electrons. The Labute approximate surface area is 80.7 Å². The fraction of sp³-hybridized carbons (Fsp3) is 0.222. The van der Waals surface area contributed by atoms with Crippen LogP contribution in [0.3, 0.4) is 0 Å². The quantitative estimate of drug-likeness (QED) is 0.432. The van der Waals surface area contributed by atoms with Crippen LogP contribution in [0, 0.1) is 11.8 Å². The predicted octanol–water partition coefficient (Wildman–Crippen LogP) is 1.31. The molecule has 74 valence electrons. The molecule has 0 aliphatic heterocycles. The Morgan fingerprint density at radius 1 is 1.43 bits per heavy atom. The second-order valence-electron chi connectivity index (χ2n) is 2.89. The number of carbonyl (C=O) groups is 1. The molecule has 0 aliphatic carbocycles. The summed E-state index contributed by atoms with van der Waals surface area (Å²) in [6, 6.07) is 5.57. The molecule has 1 amide bonds. The third-order valence-electron chi connectivity index (χ3n) is 1.86.